The number of hydrogen-bond donors (Lipinski definition) is 0. The van der Waals surface area contributed by atoms with Crippen molar-refractivity contribution in [3.8, 4) is 5.75 Å². The Labute approximate surface area is 211 Å². The van der Waals surface area contributed by atoms with Crippen molar-refractivity contribution in [1.82, 2.24) is 0 Å². The van der Waals surface area contributed by atoms with Gasteiger partial charge in [0.05, 0.1) is 21.5 Å². The molecule has 0 radical (unpaired) electrons. The molecule has 0 fully saturated rings. The van der Waals surface area contributed by atoms with Crippen molar-refractivity contribution in [2.24, 2.45) is 0 Å². The molecule has 0 aliphatic rings. The molecule has 3 rings (SSSR count). The molecule has 0 heterocycles. The lowest BCUT2D eigenvalue weighted by molar-refractivity contribution is 0.386. The highest BCUT2D eigenvalue weighted by Crippen LogP contribution is 2.50. The van der Waals surface area contributed by atoms with Gasteiger partial charge in [0.2, 0.25) is 5.82 Å². The highest BCUT2D eigenvalue weighted by Gasteiger charge is 2.51. The Kier molecular flexibility index (Phi) is 8.22. The van der Waals surface area contributed by atoms with E-state index in [2.05, 4.69) is 0 Å². The number of benzene rings is 3. The molecule has 0 saturated carbocycles. The van der Waals surface area contributed by atoms with Gasteiger partial charge in [-0.3, -0.25) is 0 Å². The average molecular weight is 551 g/mol. The largest absolute Gasteiger partial charge is 0.539 e. The van der Waals surface area contributed by atoms with E-state index < -0.39 is 87.2 Å². The SMILES string of the molecule is CCCCCC[Si](Oc1c(F)c(F)c2c(F)c3c(F)cc(F)c(F)c3c(F)c2c1F)(C(C)C)C(C)(C)C. The number of halogens is 8. The van der Waals surface area contributed by atoms with Crippen molar-refractivity contribution in [2.75, 3.05) is 0 Å². The normalized spacial score (nSPS) is 14.1. The quantitative estimate of drug-likeness (QED) is 0.0891. The first-order chi connectivity index (χ1) is 17.1. The van der Waals surface area contributed by atoms with E-state index >= 15 is 22.0 Å². The fraction of sp³-hybridized carbons (Fsp3) is 0.481. The molecular weight excluding hydrogens is 520 g/mol. The highest BCUT2D eigenvalue weighted by atomic mass is 28.4. The summed E-state index contributed by atoms with van der Waals surface area (Å²) in [6, 6.07) is 0.394. The van der Waals surface area contributed by atoms with E-state index in [1.54, 1.807) is 0 Å². The van der Waals surface area contributed by atoms with Gasteiger partial charge in [0.25, 0.3) is 8.32 Å². The number of unbranched alkanes of at least 4 members (excludes halogenated alkanes) is 3. The lowest BCUT2D eigenvalue weighted by Gasteiger charge is -2.45. The first-order valence-electron chi connectivity index (χ1n) is 12.3. The van der Waals surface area contributed by atoms with Crippen LogP contribution in [-0.4, -0.2) is 8.32 Å². The predicted octanol–water partition coefficient (Wildman–Crippen LogP) is 10.2. The maximum absolute atomic E-state index is 15.8. The minimum atomic E-state index is -3.21. The van der Waals surface area contributed by atoms with Crippen LogP contribution >= 0.6 is 0 Å². The van der Waals surface area contributed by atoms with E-state index in [1.807, 2.05) is 41.5 Å². The lowest BCUT2D eigenvalue weighted by atomic mass is 9.99. The Balaban J connectivity index is 2.39. The molecule has 0 amide bonds. The van der Waals surface area contributed by atoms with Crippen molar-refractivity contribution in [2.45, 2.75) is 83.8 Å². The van der Waals surface area contributed by atoms with Crippen molar-refractivity contribution in [1.29, 1.82) is 0 Å². The molecule has 0 N–H and O–H groups in total. The molecule has 0 bridgehead atoms. The summed E-state index contributed by atoms with van der Waals surface area (Å²) in [5, 5.41) is -6.64. The van der Waals surface area contributed by atoms with E-state index in [0.717, 1.165) is 19.3 Å². The van der Waals surface area contributed by atoms with Crippen LogP contribution in [0, 0.1) is 46.5 Å². The monoisotopic (exact) mass is 550 g/mol. The lowest BCUT2D eigenvalue weighted by Crippen LogP contribution is -2.53. The van der Waals surface area contributed by atoms with Crippen molar-refractivity contribution in [3.05, 3.63) is 52.6 Å². The molecule has 10 heteroatoms. The van der Waals surface area contributed by atoms with E-state index in [0.29, 0.717) is 12.5 Å². The second-order valence-corrected chi connectivity index (χ2v) is 15.9. The van der Waals surface area contributed by atoms with Gasteiger partial charge in [-0.15, -0.1) is 0 Å². The molecule has 1 nitrogen and oxygen atoms in total. The third-order valence-electron chi connectivity index (χ3n) is 7.22. The van der Waals surface area contributed by atoms with Gasteiger partial charge in [-0.2, -0.15) is 4.39 Å². The van der Waals surface area contributed by atoms with Gasteiger partial charge in [-0.1, -0.05) is 67.2 Å². The van der Waals surface area contributed by atoms with Crippen LogP contribution in [0.1, 0.15) is 67.2 Å². The number of fused-ring (bicyclic) bond motifs is 2. The Hall–Kier alpha value is -2.36. The van der Waals surface area contributed by atoms with Gasteiger partial charge in [0.1, 0.15) is 17.5 Å². The third-order valence-corrected chi connectivity index (χ3v) is 13.3. The van der Waals surface area contributed by atoms with Gasteiger partial charge in [-0.05, 0) is 16.6 Å². The first kappa shape index (κ1) is 29.2. The highest BCUT2D eigenvalue weighted by molar-refractivity contribution is 6.78. The van der Waals surface area contributed by atoms with Gasteiger partial charge in [-0.25, -0.2) is 30.7 Å². The van der Waals surface area contributed by atoms with Crippen molar-refractivity contribution >= 4 is 29.9 Å². The Morgan fingerprint density at radius 3 is 1.76 bits per heavy atom. The first-order valence-corrected chi connectivity index (χ1v) is 14.4. The van der Waals surface area contributed by atoms with Gasteiger partial charge in [0, 0.05) is 6.07 Å². The fourth-order valence-electron chi connectivity index (χ4n) is 5.25. The van der Waals surface area contributed by atoms with Crippen LogP contribution < -0.4 is 4.43 Å². The van der Waals surface area contributed by atoms with E-state index in [-0.39, 0.29) is 11.6 Å². The molecule has 204 valence electrons. The van der Waals surface area contributed by atoms with E-state index in [4.69, 9.17) is 4.43 Å². The number of rotatable bonds is 8. The zero-order valence-electron chi connectivity index (χ0n) is 21.6. The summed E-state index contributed by atoms with van der Waals surface area (Å²) in [5.41, 5.74) is -0.231. The topological polar surface area (TPSA) is 9.23 Å². The smallest absolute Gasteiger partial charge is 0.259 e. The van der Waals surface area contributed by atoms with Crippen LogP contribution in [0.25, 0.3) is 21.5 Å². The summed E-state index contributed by atoms with van der Waals surface area (Å²) in [4.78, 5) is 0. The Morgan fingerprint density at radius 2 is 1.22 bits per heavy atom. The third kappa shape index (κ3) is 4.70. The van der Waals surface area contributed by atoms with Gasteiger partial charge >= 0.3 is 0 Å². The summed E-state index contributed by atoms with van der Waals surface area (Å²) in [6.07, 6.45) is 3.38. The fourth-order valence-corrected chi connectivity index (χ4v) is 10.3. The molecule has 37 heavy (non-hydrogen) atoms. The second-order valence-electron chi connectivity index (χ2n) is 10.8. The van der Waals surface area contributed by atoms with Crippen LogP contribution in [0.4, 0.5) is 35.1 Å². The molecule has 3 aromatic carbocycles. The second kappa shape index (κ2) is 10.4. The average Bonchev–Trinajstić information content (AvgIpc) is 2.80. The predicted molar refractivity (Wildman–Crippen MR) is 131 cm³/mol. The van der Waals surface area contributed by atoms with Crippen LogP contribution in [0.2, 0.25) is 16.6 Å². The zero-order chi connectivity index (χ0) is 28.0. The van der Waals surface area contributed by atoms with E-state index in [1.165, 1.54) is 0 Å². The van der Waals surface area contributed by atoms with Crippen molar-refractivity contribution < 1.29 is 39.5 Å². The molecular formula is C27H30F8OSi. The molecule has 1 atom stereocenters. The number of hydrogen-bond acceptors (Lipinski definition) is 1. The van der Waals surface area contributed by atoms with Gasteiger partial charge < -0.3 is 4.43 Å². The van der Waals surface area contributed by atoms with Crippen molar-refractivity contribution in [3.63, 3.8) is 0 Å². The Bertz CT molecular complexity index is 1350. The molecule has 1 unspecified atom stereocenters. The van der Waals surface area contributed by atoms with Crippen LogP contribution in [0.15, 0.2) is 6.07 Å². The summed E-state index contributed by atoms with van der Waals surface area (Å²) >= 11 is 0. The Morgan fingerprint density at radius 1 is 0.676 bits per heavy atom. The standard InChI is InChI=1S/C27H30F8OSi/c1-7-8-9-10-11-37(13(2)3,27(4,5)6)36-26-24(34)19-18(23(33)25(26)35)21(31)16-14(28)12-15(29)20(30)17(16)22(19)32/h12-13H,7-11H2,1-6H3. The maximum Gasteiger partial charge on any atom is 0.259 e. The van der Waals surface area contributed by atoms with Gasteiger partial charge in [0.15, 0.2) is 29.0 Å². The van der Waals surface area contributed by atoms with Crippen LogP contribution in [-0.2, 0) is 0 Å². The minimum absolute atomic E-state index is 0.0570. The molecule has 3 aromatic rings. The molecule has 0 spiro atoms. The van der Waals surface area contributed by atoms with Crippen LogP contribution in [0.5, 0.6) is 5.75 Å². The molecule has 0 saturated heterocycles. The minimum Gasteiger partial charge on any atom is -0.539 e. The van der Waals surface area contributed by atoms with E-state index in [9.17, 15) is 13.2 Å². The zero-order valence-corrected chi connectivity index (χ0v) is 22.6. The maximum atomic E-state index is 15.8. The molecule has 0 aliphatic heterocycles. The van der Waals surface area contributed by atoms with Crippen LogP contribution in [0.3, 0.4) is 0 Å². The summed E-state index contributed by atoms with van der Waals surface area (Å²) in [7, 11) is -3.21. The summed E-state index contributed by atoms with van der Waals surface area (Å²) in [5.74, 6) is -16.5. The summed E-state index contributed by atoms with van der Waals surface area (Å²) < 4.78 is 126. The summed E-state index contributed by atoms with van der Waals surface area (Å²) in [6.45, 7) is 11.2. The molecule has 0 aromatic heterocycles. The molecule has 0 aliphatic carbocycles.